The maximum Gasteiger partial charge on any atom is 0.223 e. The molecule has 5 amide bonds. The highest BCUT2D eigenvalue weighted by molar-refractivity contribution is 8.00. The van der Waals surface area contributed by atoms with Crippen LogP contribution < -0.4 is 26.2 Å². The Balaban J connectivity index is 0.582. The van der Waals surface area contributed by atoms with Crippen LogP contribution in [-0.2, 0) is 54.3 Å². The van der Waals surface area contributed by atoms with E-state index < -0.39 is 0 Å². The van der Waals surface area contributed by atoms with Crippen molar-refractivity contribution in [2.24, 2.45) is 5.92 Å². The number of hydrogen-bond acceptors (Lipinski definition) is 17. The largest absolute Gasteiger partial charge is 0.379 e. The average Bonchev–Trinajstić information content (AvgIpc) is 4.39. The third kappa shape index (κ3) is 18.2. The third-order valence-electron chi connectivity index (χ3n) is 14.4. The number of aromatic amines is 1. The number of hydrogen-bond donors (Lipinski definition) is 5. The fraction of sp³-hybridized carbons (Fsp3) is 0.618. The van der Waals surface area contributed by atoms with Crippen LogP contribution >= 0.6 is 23.1 Å². The Morgan fingerprint density at radius 2 is 1.49 bits per heavy atom. The molecule has 8 rings (SSSR count). The van der Waals surface area contributed by atoms with Gasteiger partial charge >= 0.3 is 0 Å². The average molecular weight is 1120 g/mol. The number of ketones is 1. The van der Waals surface area contributed by atoms with E-state index in [-0.39, 0.29) is 67.5 Å². The third-order valence-corrected chi connectivity index (χ3v) is 17.0. The Morgan fingerprint density at radius 3 is 2.23 bits per heavy atom. The van der Waals surface area contributed by atoms with Gasteiger partial charge in [-0.2, -0.15) is 16.9 Å². The number of rotatable bonds is 33. The van der Waals surface area contributed by atoms with Crippen LogP contribution in [0.25, 0.3) is 32.5 Å². The lowest BCUT2D eigenvalue weighted by molar-refractivity contribution is -0.134. The van der Waals surface area contributed by atoms with Crippen molar-refractivity contribution in [2.45, 2.75) is 94.9 Å². The van der Waals surface area contributed by atoms with E-state index in [0.29, 0.717) is 128 Å². The summed E-state index contributed by atoms with van der Waals surface area (Å²) < 4.78 is 23.4. The zero-order valence-corrected chi connectivity index (χ0v) is 46.4. The fourth-order valence-electron chi connectivity index (χ4n) is 10.1. The molecule has 5 N–H and O–H groups in total. The Morgan fingerprint density at radius 1 is 0.782 bits per heavy atom. The van der Waals surface area contributed by atoms with Crippen molar-refractivity contribution in [1.82, 2.24) is 51.2 Å². The summed E-state index contributed by atoms with van der Waals surface area (Å²) >= 11 is 3.68. The zero-order valence-electron chi connectivity index (χ0n) is 44.8. The highest BCUT2D eigenvalue weighted by Crippen LogP contribution is 2.41. The lowest BCUT2D eigenvalue weighted by Gasteiger charge is -2.34. The molecule has 4 aromatic rings. The topological polar surface area (TPSA) is 252 Å². The number of nitrogens with zero attached hydrogens (tertiary/aromatic N) is 6. The predicted molar refractivity (Wildman–Crippen MR) is 300 cm³/mol. The van der Waals surface area contributed by atoms with Gasteiger partial charge in [-0.3, -0.25) is 38.8 Å². The Labute approximate surface area is 464 Å². The standard InChI is InChI=1S/C55H77N11O10S2/c67-39(15-16-52(72)65-22-20-64(21-23-65)37-40-34-45-53(78-40)55(66-24-28-75-29-25-66)62-54(61-45)41-9-3-10-44-43(41)36-59-63-44)8-5-17-56-49(69)13-4-14-50(70)58-19-7-27-74-31-33-76-32-30-73-26-6-18-57-48(68)12-2-1-11-47-42-35-51(71)60-46(42)38-77-47/h3,5,8-10,34,36,42,46-47H,1-2,4,6-7,11-33,35,37-38H2,(H,56,69)(H,57,68)(H,58,70)(H,59,63)(H,60,71)/b8-5+/t42-,46-,47-/m0/s1. The molecule has 0 radical (unpaired) electrons. The number of aromatic nitrogens is 4. The van der Waals surface area contributed by atoms with Crippen molar-refractivity contribution in [3.05, 3.63) is 47.5 Å². The Bertz CT molecular complexity index is 2640. The van der Waals surface area contributed by atoms with Crippen LogP contribution in [0.5, 0.6) is 0 Å². The molecule has 4 aliphatic rings. The van der Waals surface area contributed by atoms with E-state index in [1.807, 2.05) is 41.1 Å². The number of carbonyl (C=O) groups excluding carboxylic acids is 6. The molecular weight excluding hydrogens is 1040 g/mol. The van der Waals surface area contributed by atoms with Crippen molar-refractivity contribution in [1.29, 1.82) is 0 Å². The molecular formula is C55H77N11O10S2. The number of H-pyrrole nitrogens is 1. The van der Waals surface area contributed by atoms with Crippen LogP contribution in [0.3, 0.4) is 0 Å². The van der Waals surface area contributed by atoms with Gasteiger partial charge in [0.15, 0.2) is 17.4 Å². The predicted octanol–water partition coefficient (Wildman–Crippen LogP) is 4.15. The first-order valence-electron chi connectivity index (χ1n) is 27.9. The number of piperazine rings is 1. The molecule has 3 aromatic heterocycles. The van der Waals surface area contributed by atoms with Crippen molar-refractivity contribution in [2.75, 3.05) is 122 Å². The van der Waals surface area contributed by atoms with Crippen molar-refractivity contribution < 1.29 is 47.7 Å². The van der Waals surface area contributed by atoms with E-state index in [1.165, 1.54) is 11.0 Å². The number of fused-ring (bicyclic) bond motifs is 3. The molecule has 23 heteroatoms. The summed E-state index contributed by atoms with van der Waals surface area (Å²) in [6.07, 6.45) is 11.4. The van der Waals surface area contributed by atoms with Crippen LogP contribution in [0.2, 0.25) is 0 Å². The number of unbranched alkanes of at least 4 members (excludes halogenated alkanes) is 1. The van der Waals surface area contributed by atoms with Gasteiger partial charge < -0.3 is 50.0 Å². The summed E-state index contributed by atoms with van der Waals surface area (Å²) in [6, 6.07) is 8.52. The van der Waals surface area contributed by atoms with E-state index >= 15 is 0 Å². The lowest BCUT2D eigenvalue weighted by atomic mass is 9.94. The molecule has 0 aliphatic carbocycles. The minimum absolute atomic E-state index is 0.0417. The van der Waals surface area contributed by atoms with Crippen LogP contribution in [0.4, 0.5) is 5.82 Å². The van der Waals surface area contributed by atoms with Crippen molar-refractivity contribution in [3.8, 4) is 11.4 Å². The second-order valence-electron chi connectivity index (χ2n) is 20.1. The van der Waals surface area contributed by atoms with Crippen molar-refractivity contribution >= 4 is 85.4 Å². The smallest absolute Gasteiger partial charge is 0.223 e. The maximum atomic E-state index is 13.1. The van der Waals surface area contributed by atoms with E-state index in [1.54, 1.807) is 17.4 Å². The quantitative estimate of drug-likeness (QED) is 0.0332. The van der Waals surface area contributed by atoms with E-state index in [0.717, 1.165) is 96.7 Å². The number of thioether (sulfide) groups is 1. The van der Waals surface area contributed by atoms with Gasteiger partial charge in [-0.05, 0) is 50.3 Å². The lowest BCUT2D eigenvalue weighted by Crippen LogP contribution is -2.48. The molecule has 3 atom stereocenters. The number of nitrogens with one attached hydrogen (secondary N) is 5. The number of anilines is 1. The van der Waals surface area contributed by atoms with Gasteiger partial charge in [0.2, 0.25) is 29.5 Å². The van der Waals surface area contributed by atoms with Gasteiger partial charge in [-0.1, -0.05) is 24.6 Å². The number of thiophene rings is 1. The van der Waals surface area contributed by atoms with Gasteiger partial charge in [-0.15, -0.1) is 11.3 Å². The summed E-state index contributed by atoms with van der Waals surface area (Å²) in [5.74, 6) is 2.76. The first-order chi connectivity index (χ1) is 38.2. The van der Waals surface area contributed by atoms with Crippen molar-refractivity contribution in [3.63, 3.8) is 0 Å². The van der Waals surface area contributed by atoms with E-state index in [4.69, 9.17) is 28.9 Å². The first kappa shape index (κ1) is 58.6. The fourth-order valence-corrected chi connectivity index (χ4v) is 12.9. The molecule has 21 nitrogen and oxygen atoms in total. The summed E-state index contributed by atoms with van der Waals surface area (Å²) in [7, 11) is 0. The molecule has 0 saturated carbocycles. The molecule has 0 unspecified atom stereocenters. The highest BCUT2D eigenvalue weighted by Gasteiger charge is 2.42. The Hall–Kier alpha value is -5.56. The summed E-state index contributed by atoms with van der Waals surface area (Å²) in [4.78, 5) is 91.8. The van der Waals surface area contributed by atoms with E-state index in [2.05, 4.69) is 47.3 Å². The number of allylic oxidation sites excluding steroid dienone is 1. The minimum Gasteiger partial charge on any atom is -0.379 e. The van der Waals surface area contributed by atoms with Crippen LogP contribution in [0.1, 0.15) is 81.9 Å². The van der Waals surface area contributed by atoms with Gasteiger partial charge in [0, 0.05) is 156 Å². The molecule has 78 heavy (non-hydrogen) atoms. The summed E-state index contributed by atoms with van der Waals surface area (Å²) in [6.45, 7) is 10.2. The molecule has 7 heterocycles. The second-order valence-corrected chi connectivity index (χ2v) is 22.5. The van der Waals surface area contributed by atoms with Gasteiger partial charge in [0.1, 0.15) is 0 Å². The summed E-state index contributed by atoms with van der Waals surface area (Å²) in [5.41, 5.74) is 2.78. The number of morpholine rings is 1. The van der Waals surface area contributed by atoms with Gasteiger partial charge in [-0.25, -0.2) is 9.97 Å². The SMILES string of the molecule is O=C(/C=C/CNC(=O)CCCC(=O)NCCCOCCOCCOCCCNC(=O)CCCC[C@@H]1SC[C@@H]2NC(=O)C[C@@H]21)CCC(=O)N1CCN(Cc2cc3nc(-c4cccc5[nH]ncc45)nc(N4CCOCC4)c3s2)CC1. The molecule has 0 bridgehead atoms. The minimum atomic E-state index is -0.206. The molecule has 1 aromatic carbocycles. The number of ether oxygens (including phenoxy) is 4. The van der Waals surface area contributed by atoms with Crippen LogP contribution in [0, 0.1) is 5.92 Å². The second kappa shape index (κ2) is 31.3. The molecule has 0 spiro atoms. The Kier molecular flexibility index (Phi) is 23.5. The highest BCUT2D eigenvalue weighted by atomic mass is 32.2. The molecule has 4 fully saturated rings. The summed E-state index contributed by atoms with van der Waals surface area (Å²) in [5, 5.41) is 20.4. The number of carbonyl (C=O) groups is 6. The van der Waals surface area contributed by atoms with Crippen LogP contribution in [0.15, 0.2) is 42.6 Å². The maximum absolute atomic E-state index is 13.1. The monoisotopic (exact) mass is 1120 g/mol. The zero-order chi connectivity index (χ0) is 54.3. The number of amides is 5. The molecule has 424 valence electrons. The van der Waals surface area contributed by atoms with Gasteiger partial charge in [0.05, 0.1) is 61.6 Å². The molecule has 4 saturated heterocycles. The van der Waals surface area contributed by atoms with E-state index in [9.17, 15) is 28.8 Å². The number of benzene rings is 1. The normalized spacial score (nSPS) is 18.7. The van der Waals surface area contributed by atoms with Gasteiger partial charge in [0.25, 0.3) is 0 Å². The molecule has 4 aliphatic heterocycles. The first-order valence-corrected chi connectivity index (χ1v) is 29.7. The van der Waals surface area contributed by atoms with Crippen LogP contribution in [-0.4, -0.2) is 194 Å².